The van der Waals surface area contributed by atoms with Crippen LogP contribution in [0.2, 0.25) is 0 Å². The number of nitrogens with zero attached hydrogens (tertiary/aromatic N) is 2. The fourth-order valence-corrected chi connectivity index (χ4v) is 2.27. The van der Waals surface area contributed by atoms with Crippen molar-refractivity contribution >= 4 is 23.3 Å². The van der Waals surface area contributed by atoms with Gasteiger partial charge in [-0.15, -0.1) is 0 Å². The lowest BCUT2D eigenvalue weighted by Crippen LogP contribution is -2.17. The lowest BCUT2D eigenvalue weighted by Gasteiger charge is -2.07. The molecule has 0 unspecified atom stereocenters. The van der Waals surface area contributed by atoms with E-state index < -0.39 is 5.91 Å². The van der Waals surface area contributed by atoms with Gasteiger partial charge in [-0.2, -0.15) is 0 Å². The molecule has 0 saturated heterocycles. The number of carbonyl (C=O) groups is 2. The fraction of sp³-hybridized carbons (Fsp3) is 0.0588. The first kappa shape index (κ1) is 16.2. The van der Waals surface area contributed by atoms with E-state index in [4.69, 9.17) is 15.9 Å². The summed E-state index contributed by atoms with van der Waals surface area (Å²) in [5.74, 6) is -0.853. The van der Waals surface area contributed by atoms with E-state index in [-0.39, 0.29) is 23.2 Å². The molecule has 0 fully saturated rings. The number of amides is 2. The maximum absolute atomic E-state index is 12.0. The number of benzene rings is 1. The van der Waals surface area contributed by atoms with E-state index in [2.05, 4.69) is 15.3 Å². The van der Waals surface area contributed by atoms with E-state index in [0.29, 0.717) is 17.8 Å². The Balaban J connectivity index is 1.77. The molecular formula is C17H15N5O3. The normalized spacial score (nSPS) is 10.4. The maximum atomic E-state index is 12.0. The van der Waals surface area contributed by atoms with Gasteiger partial charge in [0.05, 0.1) is 18.2 Å². The van der Waals surface area contributed by atoms with Gasteiger partial charge in [0.1, 0.15) is 0 Å². The summed E-state index contributed by atoms with van der Waals surface area (Å²) in [5.41, 5.74) is 12.8. The Labute approximate surface area is 142 Å². The third kappa shape index (κ3) is 3.81. The molecule has 5 N–H and O–H groups in total. The predicted octanol–water partition coefficient (Wildman–Crippen LogP) is 1.59. The molecule has 3 rings (SSSR count). The zero-order valence-corrected chi connectivity index (χ0v) is 13.1. The van der Waals surface area contributed by atoms with E-state index in [9.17, 15) is 9.59 Å². The minimum Gasteiger partial charge on any atom is -0.459 e. The van der Waals surface area contributed by atoms with Crippen LogP contribution in [0.3, 0.4) is 0 Å². The Bertz CT molecular complexity index is 922. The fourth-order valence-electron chi connectivity index (χ4n) is 2.27. The Morgan fingerprint density at radius 2 is 2.04 bits per heavy atom. The van der Waals surface area contributed by atoms with Crippen LogP contribution in [-0.2, 0) is 6.42 Å². The zero-order chi connectivity index (χ0) is 17.8. The van der Waals surface area contributed by atoms with Crippen molar-refractivity contribution in [3.05, 3.63) is 71.6 Å². The number of carbonyl (C=O) groups excluding carboxylic acids is 2. The highest BCUT2D eigenvalue weighted by Gasteiger charge is 2.12. The average molecular weight is 337 g/mol. The first-order valence-electron chi connectivity index (χ1n) is 7.38. The average Bonchev–Trinajstić information content (AvgIpc) is 3.11. The van der Waals surface area contributed by atoms with Gasteiger partial charge < -0.3 is 21.2 Å². The molecule has 25 heavy (non-hydrogen) atoms. The second-order valence-electron chi connectivity index (χ2n) is 5.27. The summed E-state index contributed by atoms with van der Waals surface area (Å²) < 4.78 is 5.05. The molecule has 8 heteroatoms. The second-order valence-corrected chi connectivity index (χ2v) is 5.27. The molecule has 1 aromatic carbocycles. The highest BCUT2D eigenvalue weighted by molar-refractivity contribution is 6.02. The number of hydrogen-bond acceptors (Lipinski definition) is 6. The Morgan fingerprint density at radius 1 is 1.20 bits per heavy atom. The van der Waals surface area contributed by atoms with E-state index in [1.165, 1.54) is 12.5 Å². The van der Waals surface area contributed by atoms with Gasteiger partial charge in [0.15, 0.2) is 17.3 Å². The second kappa shape index (κ2) is 6.83. The van der Waals surface area contributed by atoms with Crippen LogP contribution < -0.4 is 16.8 Å². The van der Waals surface area contributed by atoms with Crippen LogP contribution in [0, 0.1) is 0 Å². The summed E-state index contributed by atoms with van der Waals surface area (Å²) in [4.78, 5) is 31.4. The van der Waals surface area contributed by atoms with Crippen molar-refractivity contribution < 1.29 is 14.0 Å². The summed E-state index contributed by atoms with van der Waals surface area (Å²) in [7, 11) is 0. The number of nitrogens with two attached hydrogens (primary N) is 2. The molecule has 0 aliphatic heterocycles. The zero-order valence-electron chi connectivity index (χ0n) is 13.1. The summed E-state index contributed by atoms with van der Waals surface area (Å²) in [6.45, 7) is 0. The molecule has 2 aromatic heterocycles. The number of hydrogen-bond donors (Lipinski definition) is 3. The Hall–Kier alpha value is -3.68. The summed E-state index contributed by atoms with van der Waals surface area (Å²) in [5, 5.41) is 2.75. The number of furan rings is 1. The summed E-state index contributed by atoms with van der Waals surface area (Å²) in [6.07, 6.45) is 3.31. The minimum absolute atomic E-state index is 0.00397. The number of nitrogen functional groups attached to an aromatic ring is 1. The van der Waals surface area contributed by atoms with E-state index in [1.54, 1.807) is 30.3 Å². The van der Waals surface area contributed by atoms with Gasteiger partial charge in [-0.25, -0.2) is 9.97 Å². The van der Waals surface area contributed by atoms with Gasteiger partial charge in [-0.3, -0.25) is 9.59 Å². The van der Waals surface area contributed by atoms with Gasteiger partial charge >= 0.3 is 0 Å². The molecule has 126 valence electrons. The number of rotatable bonds is 5. The van der Waals surface area contributed by atoms with Crippen molar-refractivity contribution in [1.82, 2.24) is 9.97 Å². The van der Waals surface area contributed by atoms with Crippen LogP contribution in [0.5, 0.6) is 0 Å². The molecule has 0 spiro atoms. The lowest BCUT2D eigenvalue weighted by molar-refractivity contribution is 0.0988. The molecule has 3 aromatic rings. The molecule has 0 aliphatic carbocycles. The van der Waals surface area contributed by atoms with Crippen LogP contribution in [0.15, 0.2) is 53.3 Å². The van der Waals surface area contributed by atoms with Crippen molar-refractivity contribution in [2.24, 2.45) is 5.73 Å². The monoisotopic (exact) mass is 337 g/mol. The molecule has 0 bridgehead atoms. The van der Waals surface area contributed by atoms with Crippen molar-refractivity contribution in [2.45, 2.75) is 6.42 Å². The highest BCUT2D eigenvalue weighted by atomic mass is 16.3. The molecule has 0 saturated carbocycles. The van der Waals surface area contributed by atoms with E-state index in [1.807, 2.05) is 6.07 Å². The SMILES string of the molecule is NC(=O)c1nc(Cc2cccc(NC(=O)c3ccco3)c2)cnc1N. The third-order valence-electron chi connectivity index (χ3n) is 3.40. The lowest BCUT2D eigenvalue weighted by atomic mass is 10.1. The van der Waals surface area contributed by atoms with Crippen molar-refractivity contribution in [2.75, 3.05) is 11.1 Å². The van der Waals surface area contributed by atoms with Gasteiger partial charge in [0.2, 0.25) is 0 Å². The van der Waals surface area contributed by atoms with Gasteiger partial charge in [-0.1, -0.05) is 12.1 Å². The van der Waals surface area contributed by atoms with Crippen molar-refractivity contribution in [3.63, 3.8) is 0 Å². The molecular weight excluding hydrogens is 322 g/mol. The van der Waals surface area contributed by atoms with Crippen molar-refractivity contribution in [1.29, 1.82) is 0 Å². The largest absolute Gasteiger partial charge is 0.459 e. The highest BCUT2D eigenvalue weighted by Crippen LogP contribution is 2.16. The number of aromatic nitrogens is 2. The van der Waals surface area contributed by atoms with Crippen LogP contribution in [0.4, 0.5) is 11.5 Å². The number of anilines is 2. The van der Waals surface area contributed by atoms with Crippen LogP contribution in [0.1, 0.15) is 32.3 Å². The minimum atomic E-state index is -0.730. The van der Waals surface area contributed by atoms with Crippen molar-refractivity contribution in [3.8, 4) is 0 Å². The standard InChI is InChI=1S/C17H15N5O3/c18-15-14(16(19)23)21-12(9-20-15)8-10-3-1-4-11(7-10)22-17(24)13-5-2-6-25-13/h1-7,9H,8H2,(H2,18,20)(H2,19,23)(H,22,24). The van der Waals surface area contributed by atoms with Crippen LogP contribution in [0.25, 0.3) is 0 Å². The first-order valence-corrected chi connectivity index (χ1v) is 7.38. The molecule has 2 amide bonds. The number of nitrogens with one attached hydrogen (secondary N) is 1. The summed E-state index contributed by atoms with van der Waals surface area (Å²) >= 11 is 0. The van der Waals surface area contributed by atoms with Crippen LogP contribution in [-0.4, -0.2) is 21.8 Å². The molecule has 2 heterocycles. The third-order valence-corrected chi connectivity index (χ3v) is 3.40. The number of primary amides is 1. The molecule has 8 nitrogen and oxygen atoms in total. The molecule has 0 atom stereocenters. The Kier molecular flexibility index (Phi) is 4.42. The van der Waals surface area contributed by atoms with E-state index in [0.717, 1.165) is 5.56 Å². The van der Waals surface area contributed by atoms with Gasteiger partial charge in [-0.05, 0) is 29.8 Å². The van der Waals surface area contributed by atoms with Gasteiger partial charge in [0.25, 0.3) is 11.8 Å². The summed E-state index contributed by atoms with van der Waals surface area (Å²) in [6, 6.07) is 10.4. The first-order chi connectivity index (χ1) is 12.0. The van der Waals surface area contributed by atoms with E-state index >= 15 is 0 Å². The predicted molar refractivity (Wildman–Crippen MR) is 90.9 cm³/mol. The van der Waals surface area contributed by atoms with Gasteiger partial charge in [0, 0.05) is 12.1 Å². The maximum Gasteiger partial charge on any atom is 0.291 e. The quantitative estimate of drug-likeness (QED) is 0.646. The topological polar surface area (TPSA) is 137 Å². The van der Waals surface area contributed by atoms with Crippen LogP contribution >= 0.6 is 0 Å². The molecule has 0 radical (unpaired) electrons. The smallest absolute Gasteiger partial charge is 0.291 e. The molecule has 0 aliphatic rings. The Morgan fingerprint density at radius 3 is 2.76 bits per heavy atom.